The van der Waals surface area contributed by atoms with E-state index in [4.69, 9.17) is 27.0 Å². The Hall–Kier alpha value is -0.820. The monoisotopic (exact) mass is 337 g/mol. The summed E-state index contributed by atoms with van der Waals surface area (Å²) in [4.78, 5) is 13.6. The van der Waals surface area contributed by atoms with E-state index in [0.29, 0.717) is 13.2 Å². The number of hydrogen-bond acceptors (Lipinski definition) is 4. The van der Waals surface area contributed by atoms with Crippen molar-refractivity contribution in [2.45, 2.75) is 17.4 Å². The van der Waals surface area contributed by atoms with E-state index in [9.17, 15) is 13.2 Å². The van der Waals surface area contributed by atoms with Crippen molar-refractivity contribution in [3.63, 3.8) is 0 Å². The second kappa shape index (κ2) is 5.89. The van der Waals surface area contributed by atoms with Crippen molar-refractivity contribution in [3.05, 3.63) is 28.8 Å². The maximum absolute atomic E-state index is 12.3. The topological polar surface area (TPSA) is 63.7 Å². The number of rotatable bonds is 3. The van der Waals surface area contributed by atoms with E-state index < -0.39 is 9.05 Å². The lowest BCUT2D eigenvalue weighted by Crippen LogP contribution is -2.37. The normalized spacial score (nSPS) is 19.1. The molecular formula is C12H13Cl2NO4S. The first-order valence-electron chi connectivity index (χ1n) is 5.90. The molecule has 5 nitrogen and oxygen atoms in total. The molecule has 0 radical (unpaired) electrons. The van der Waals surface area contributed by atoms with Gasteiger partial charge in [-0.25, -0.2) is 8.42 Å². The van der Waals surface area contributed by atoms with Crippen LogP contribution in [0.25, 0.3) is 0 Å². The summed E-state index contributed by atoms with van der Waals surface area (Å²) in [5, 5.41) is -0.0107. The standard InChI is InChI=1S/C12H13Cl2NO4S/c1-15(9-4-5-19-7-9)12(16)8-2-3-10(13)11(6-8)20(14,17)18/h2-3,6,9H,4-5,7H2,1H3. The van der Waals surface area contributed by atoms with Crippen LogP contribution in [0, 0.1) is 0 Å². The molecule has 1 aromatic rings. The molecule has 1 fully saturated rings. The van der Waals surface area contributed by atoms with Gasteiger partial charge in [-0.15, -0.1) is 0 Å². The first-order chi connectivity index (χ1) is 9.30. The molecule has 1 atom stereocenters. The van der Waals surface area contributed by atoms with Crippen molar-refractivity contribution in [1.82, 2.24) is 4.90 Å². The molecule has 8 heteroatoms. The van der Waals surface area contributed by atoms with Crippen LogP contribution in [0.3, 0.4) is 0 Å². The van der Waals surface area contributed by atoms with Gasteiger partial charge in [0.2, 0.25) is 0 Å². The highest BCUT2D eigenvalue weighted by Gasteiger charge is 2.26. The quantitative estimate of drug-likeness (QED) is 0.792. The summed E-state index contributed by atoms with van der Waals surface area (Å²) in [6.07, 6.45) is 0.760. The molecule has 1 saturated heterocycles. The Labute approximate surface area is 126 Å². The lowest BCUT2D eigenvalue weighted by Gasteiger charge is -2.23. The van der Waals surface area contributed by atoms with Gasteiger partial charge in [0.1, 0.15) is 4.90 Å². The number of benzene rings is 1. The van der Waals surface area contributed by atoms with Gasteiger partial charge in [0.25, 0.3) is 15.0 Å². The highest BCUT2D eigenvalue weighted by atomic mass is 35.7. The molecule has 20 heavy (non-hydrogen) atoms. The third-order valence-electron chi connectivity index (χ3n) is 3.21. The lowest BCUT2D eigenvalue weighted by molar-refractivity contribution is 0.0711. The fourth-order valence-corrected chi connectivity index (χ4v) is 3.51. The summed E-state index contributed by atoms with van der Waals surface area (Å²) in [6, 6.07) is 4.01. The fourth-order valence-electron chi connectivity index (χ4n) is 2.02. The van der Waals surface area contributed by atoms with Gasteiger partial charge in [0.05, 0.1) is 17.7 Å². The van der Waals surface area contributed by atoms with Gasteiger partial charge >= 0.3 is 0 Å². The van der Waals surface area contributed by atoms with E-state index in [1.165, 1.54) is 18.2 Å². The Morgan fingerprint density at radius 2 is 2.15 bits per heavy atom. The minimum absolute atomic E-state index is 0.00534. The molecule has 110 valence electrons. The molecule has 1 aliphatic heterocycles. The van der Waals surface area contributed by atoms with Crippen molar-refractivity contribution < 1.29 is 17.9 Å². The largest absolute Gasteiger partial charge is 0.379 e. The molecule has 1 aliphatic rings. The van der Waals surface area contributed by atoms with E-state index in [1.54, 1.807) is 11.9 Å². The van der Waals surface area contributed by atoms with E-state index in [2.05, 4.69) is 0 Å². The number of ether oxygens (including phenoxy) is 1. The van der Waals surface area contributed by atoms with Gasteiger partial charge in [0.15, 0.2) is 0 Å². The highest BCUT2D eigenvalue weighted by Crippen LogP contribution is 2.26. The van der Waals surface area contributed by atoms with Crippen LogP contribution in [0.2, 0.25) is 5.02 Å². The second-order valence-corrected chi connectivity index (χ2v) is 7.46. The number of nitrogens with zero attached hydrogens (tertiary/aromatic N) is 1. The Balaban J connectivity index is 2.31. The van der Waals surface area contributed by atoms with Gasteiger partial charge in [-0.3, -0.25) is 4.79 Å². The zero-order valence-corrected chi connectivity index (χ0v) is 13.0. The molecule has 0 bridgehead atoms. The van der Waals surface area contributed by atoms with Crippen LogP contribution < -0.4 is 0 Å². The average molecular weight is 338 g/mol. The average Bonchev–Trinajstić information content (AvgIpc) is 2.90. The first-order valence-corrected chi connectivity index (χ1v) is 8.58. The van der Waals surface area contributed by atoms with Crippen LogP contribution in [0.1, 0.15) is 16.8 Å². The van der Waals surface area contributed by atoms with E-state index in [1.807, 2.05) is 0 Å². The molecule has 2 rings (SSSR count). The van der Waals surface area contributed by atoms with Crippen LogP contribution >= 0.6 is 22.3 Å². The Kier molecular flexibility index (Phi) is 4.59. The van der Waals surface area contributed by atoms with Crippen molar-refractivity contribution in [3.8, 4) is 0 Å². The minimum Gasteiger partial charge on any atom is -0.379 e. The Bertz CT molecular complexity index is 626. The molecule has 0 aliphatic carbocycles. The molecule has 1 unspecified atom stereocenters. The van der Waals surface area contributed by atoms with Crippen molar-refractivity contribution in [2.75, 3.05) is 20.3 Å². The molecule has 1 amide bonds. The number of carbonyl (C=O) groups excluding carboxylic acids is 1. The van der Waals surface area contributed by atoms with Gasteiger partial charge in [-0.05, 0) is 24.6 Å². The zero-order valence-electron chi connectivity index (χ0n) is 10.7. The fraction of sp³-hybridized carbons (Fsp3) is 0.417. The summed E-state index contributed by atoms with van der Waals surface area (Å²) in [7, 11) is 2.96. The Morgan fingerprint density at radius 1 is 1.45 bits per heavy atom. The Morgan fingerprint density at radius 3 is 2.70 bits per heavy atom. The van der Waals surface area contributed by atoms with E-state index in [0.717, 1.165) is 6.42 Å². The highest BCUT2D eigenvalue weighted by molar-refractivity contribution is 8.13. The lowest BCUT2D eigenvalue weighted by atomic mass is 10.1. The van der Waals surface area contributed by atoms with Gasteiger partial charge < -0.3 is 9.64 Å². The summed E-state index contributed by atoms with van der Waals surface area (Å²) >= 11 is 5.78. The van der Waals surface area contributed by atoms with Gasteiger partial charge in [-0.2, -0.15) is 0 Å². The van der Waals surface area contributed by atoms with E-state index in [-0.39, 0.29) is 27.4 Å². The number of carbonyl (C=O) groups is 1. The van der Waals surface area contributed by atoms with E-state index >= 15 is 0 Å². The van der Waals surface area contributed by atoms with Crippen molar-refractivity contribution in [2.24, 2.45) is 0 Å². The minimum atomic E-state index is -3.99. The predicted octanol–water partition coefficient (Wildman–Crippen LogP) is 2.13. The molecule has 0 spiro atoms. The number of hydrogen-bond donors (Lipinski definition) is 0. The van der Waals surface area contributed by atoms with Crippen LogP contribution in [0.5, 0.6) is 0 Å². The zero-order chi connectivity index (χ0) is 14.9. The van der Waals surface area contributed by atoms with Crippen LogP contribution in [-0.4, -0.2) is 45.5 Å². The second-order valence-electron chi connectivity index (χ2n) is 4.52. The summed E-state index contributed by atoms with van der Waals surface area (Å²) in [5.41, 5.74) is 0.225. The van der Waals surface area contributed by atoms with Gasteiger partial charge in [0, 0.05) is 29.9 Å². The smallest absolute Gasteiger partial charge is 0.262 e. The molecule has 0 saturated carbocycles. The SMILES string of the molecule is CN(C(=O)c1ccc(Cl)c(S(=O)(=O)Cl)c1)C1CCOC1. The number of amides is 1. The molecular weight excluding hydrogens is 325 g/mol. The third kappa shape index (κ3) is 3.25. The summed E-state index contributed by atoms with van der Waals surface area (Å²) in [6.45, 7) is 1.10. The number of likely N-dealkylation sites (N-methyl/N-ethyl adjacent to an activating group) is 1. The summed E-state index contributed by atoms with van der Waals surface area (Å²) in [5.74, 6) is -0.293. The molecule has 0 aromatic heterocycles. The van der Waals surface area contributed by atoms with Crippen molar-refractivity contribution >= 4 is 37.2 Å². The van der Waals surface area contributed by atoms with Crippen LogP contribution in [0.4, 0.5) is 0 Å². The van der Waals surface area contributed by atoms with Crippen LogP contribution in [0.15, 0.2) is 23.1 Å². The molecule has 1 aromatic carbocycles. The first kappa shape index (κ1) is 15.6. The maximum Gasteiger partial charge on any atom is 0.262 e. The molecule has 0 N–H and O–H groups in total. The van der Waals surface area contributed by atoms with Gasteiger partial charge in [-0.1, -0.05) is 11.6 Å². The third-order valence-corrected chi connectivity index (χ3v) is 5.02. The van der Waals surface area contributed by atoms with Crippen molar-refractivity contribution in [1.29, 1.82) is 0 Å². The summed E-state index contributed by atoms with van der Waals surface area (Å²) < 4.78 is 28.0. The number of halogens is 2. The molecule has 1 heterocycles. The van der Waals surface area contributed by atoms with Crippen LogP contribution in [-0.2, 0) is 13.8 Å². The maximum atomic E-state index is 12.3. The predicted molar refractivity (Wildman–Crippen MR) is 75.8 cm³/mol.